The van der Waals surface area contributed by atoms with Gasteiger partial charge in [0.05, 0.1) is 6.54 Å². The fraction of sp³-hybridized carbons (Fsp3) is 0.273. The number of pyridine rings is 1. The van der Waals surface area contributed by atoms with E-state index in [9.17, 15) is 14.4 Å². The number of aromatic nitrogens is 1. The molecule has 2 heterocycles. The summed E-state index contributed by atoms with van der Waals surface area (Å²) in [6.45, 7) is 1.47. The number of hydrogen-bond donors (Lipinski definition) is 2. The highest BCUT2D eigenvalue weighted by Crippen LogP contribution is 2.24. The van der Waals surface area contributed by atoms with Crippen molar-refractivity contribution in [3.05, 3.63) is 22.3 Å². The lowest BCUT2D eigenvalue weighted by molar-refractivity contribution is -0.132. The Balaban J connectivity index is 2.48. The first kappa shape index (κ1) is 13.5. The van der Waals surface area contributed by atoms with Crippen LogP contribution in [0.25, 0.3) is 0 Å². The Hall–Kier alpha value is -1.96. The second-order valence-electron chi connectivity index (χ2n) is 4.05. The van der Waals surface area contributed by atoms with Crippen LogP contribution in [-0.2, 0) is 9.59 Å². The Kier molecular flexibility index (Phi) is 3.52. The molecule has 1 aliphatic heterocycles. The van der Waals surface area contributed by atoms with E-state index in [0.717, 1.165) is 0 Å². The number of hydrogen-bond acceptors (Lipinski definition) is 5. The number of carboxylic acids is 1. The topological polar surface area (TPSA) is 99.6 Å². The van der Waals surface area contributed by atoms with Gasteiger partial charge in [-0.25, -0.2) is 9.78 Å². The SMILES string of the molecule is CC1C(=O)NC(=O)CN1c1ncc(Br)cc1C(=O)O. The lowest BCUT2D eigenvalue weighted by atomic mass is 10.1. The Bertz CT molecular complexity index is 575. The van der Waals surface area contributed by atoms with E-state index in [4.69, 9.17) is 5.11 Å². The summed E-state index contributed by atoms with van der Waals surface area (Å²) in [6, 6.07) is 0.721. The third-order valence-corrected chi connectivity index (χ3v) is 3.19. The largest absolute Gasteiger partial charge is 0.478 e. The molecule has 1 atom stereocenters. The minimum absolute atomic E-state index is 0.0660. The Morgan fingerprint density at radius 1 is 1.58 bits per heavy atom. The van der Waals surface area contributed by atoms with Gasteiger partial charge in [-0.05, 0) is 28.9 Å². The van der Waals surface area contributed by atoms with E-state index >= 15 is 0 Å². The molecule has 0 aromatic carbocycles. The number of carbonyl (C=O) groups is 3. The number of imide groups is 1. The minimum Gasteiger partial charge on any atom is -0.478 e. The molecule has 19 heavy (non-hydrogen) atoms. The number of carbonyl (C=O) groups excluding carboxylic acids is 2. The first-order chi connectivity index (χ1) is 8.90. The highest BCUT2D eigenvalue weighted by atomic mass is 79.9. The summed E-state index contributed by atoms with van der Waals surface area (Å²) < 4.78 is 0.508. The van der Waals surface area contributed by atoms with Crippen LogP contribution < -0.4 is 10.2 Å². The van der Waals surface area contributed by atoms with Crippen molar-refractivity contribution in [3.63, 3.8) is 0 Å². The van der Waals surface area contributed by atoms with Gasteiger partial charge >= 0.3 is 5.97 Å². The molecule has 8 heteroatoms. The standard InChI is InChI=1S/C11H10BrN3O4/c1-5-10(17)14-8(16)4-15(5)9-7(11(18)19)2-6(12)3-13-9/h2-3,5H,4H2,1H3,(H,18,19)(H,14,16,17). The lowest BCUT2D eigenvalue weighted by Gasteiger charge is -2.33. The molecule has 2 N–H and O–H groups in total. The normalized spacial score (nSPS) is 19.3. The zero-order valence-electron chi connectivity index (χ0n) is 9.88. The number of amides is 2. The molecule has 0 bridgehead atoms. The van der Waals surface area contributed by atoms with E-state index in [2.05, 4.69) is 26.2 Å². The second kappa shape index (κ2) is 4.96. The van der Waals surface area contributed by atoms with Gasteiger partial charge in [0.2, 0.25) is 11.8 Å². The fourth-order valence-corrected chi connectivity index (χ4v) is 2.12. The van der Waals surface area contributed by atoms with E-state index in [1.165, 1.54) is 17.2 Å². The molecular formula is C11H10BrN3O4. The van der Waals surface area contributed by atoms with Gasteiger partial charge in [0, 0.05) is 10.7 Å². The zero-order valence-corrected chi connectivity index (χ0v) is 11.5. The van der Waals surface area contributed by atoms with Crippen LogP contribution in [0.1, 0.15) is 17.3 Å². The Morgan fingerprint density at radius 3 is 2.89 bits per heavy atom. The van der Waals surface area contributed by atoms with Crippen molar-refractivity contribution in [1.82, 2.24) is 10.3 Å². The van der Waals surface area contributed by atoms with Crippen LogP contribution in [0.3, 0.4) is 0 Å². The van der Waals surface area contributed by atoms with Gasteiger partial charge in [0.1, 0.15) is 17.4 Å². The highest BCUT2D eigenvalue weighted by Gasteiger charge is 2.33. The molecule has 2 amide bonds. The van der Waals surface area contributed by atoms with Crippen molar-refractivity contribution in [2.75, 3.05) is 11.4 Å². The van der Waals surface area contributed by atoms with Crippen molar-refractivity contribution in [1.29, 1.82) is 0 Å². The molecule has 1 aromatic rings. The number of nitrogens with zero attached hydrogens (tertiary/aromatic N) is 2. The smallest absolute Gasteiger partial charge is 0.339 e. The van der Waals surface area contributed by atoms with E-state index in [0.29, 0.717) is 4.47 Å². The van der Waals surface area contributed by atoms with E-state index < -0.39 is 23.8 Å². The van der Waals surface area contributed by atoms with Crippen LogP contribution in [0.2, 0.25) is 0 Å². The number of halogens is 1. The van der Waals surface area contributed by atoms with Crippen LogP contribution >= 0.6 is 15.9 Å². The fourth-order valence-electron chi connectivity index (χ4n) is 1.79. The molecule has 0 saturated carbocycles. The molecule has 1 saturated heterocycles. The molecule has 2 rings (SSSR count). The molecular weight excluding hydrogens is 318 g/mol. The van der Waals surface area contributed by atoms with Crippen molar-refractivity contribution < 1.29 is 19.5 Å². The van der Waals surface area contributed by atoms with Gasteiger partial charge in [-0.1, -0.05) is 0 Å². The molecule has 0 spiro atoms. The lowest BCUT2D eigenvalue weighted by Crippen LogP contribution is -2.57. The van der Waals surface area contributed by atoms with Crippen LogP contribution in [0.4, 0.5) is 5.82 Å². The van der Waals surface area contributed by atoms with E-state index in [1.807, 2.05) is 0 Å². The third kappa shape index (κ3) is 2.58. The molecule has 7 nitrogen and oxygen atoms in total. The highest BCUT2D eigenvalue weighted by molar-refractivity contribution is 9.10. The predicted octanol–water partition coefficient (Wildman–Crippen LogP) is 0.394. The summed E-state index contributed by atoms with van der Waals surface area (Å²) in [5.74, 6) is -2.03. The molecule has 1 aliphatic rings. The van der Waals surface area contributed by atoms with E-state index in [1.54, 1.807) is 6.92 Å². The summed E-state index contributed by atoms with van der Waals surface area (Å²) >= 11 is 3.14. The van der Waals surface area contributed by atoms with Gasteiger partial charge in [-0.15, -0.1) is 0 Å². The van der Waals surface area contributed by atoms with Crippen LogP contribution in [0.5, 0.6) is 0 Å². The molecule has 1 fully saturated rings. The van der Waals surface area contributed by atoms with Crippen molar-refractivity contribution in [2.45, 2.75) is 13.0 Å². The minimum atomic E-state index is -1.17. The summed E-state index contributed by atoms with van der Waals surface area (Å²) in [7, 11) is 0. The summed E-state index contributed by atoms with van der Waals surface area (Å²) in [4.78, 5) is 39.6. The van der Waals surface area contributed by atoms with Gasteiger partial charge in [-0.3, -0.25) is 14.9 Å². The summed E-state index contributed by atoms with van der Waals surface area (Å²) in [5, 5.41) is 11.4. The van der Waals surface area contributed by atoms with Crippen molar-refractivity contribution in [2.24, 2.45) is 0 Å². The predicted molar refractivity (Wildman–Crippen MR) is 68.9 cm³/mol. The maximum Gasteiger partial charge on any atom is 0.339 e. The molecule has 100 valence electrons. The first-order valence-electron chi connectivity index (χ1n) is 5.39. The molecule has 1 aromatic heterocycles. The van der Waals surface area contributed by atoms with Crippen LogP contribution in [-0.4, -0.2) is 40.5 Å². The van der Waals surface area contributed by atoms with Gasteiger partial charge in [-0.2, -0.15) is 0 Å². The van der Waals surface area contributed by atoms with Crippen molar-refractivity contribution in [3.8, 4) is 0 Å². The quantitative estimate of drug-likeness (QED) is 0.762. The maximum atomic E-state index is 11.6. The molecule has 1 unspecified atom stereocenters. The average molecular weight is 328 g/mol. The third-order valence-electron chi connectivity index (χ3n) is 2.76. The number of nitrogens with one attached hydrogen (secondary N) is 1. The Labute approximate surface area is 116 Å². The Morgan fingerprint density at radius 2 is 2.26 bits per heavy atom. The second-order valence-corrected chi connectivity index (χ2v) is 4.96. The maximum absolute atomic E-state index is 11.6. The monoisotopic (exact) mass is 327 g/mol. The summed E-state index contributed by atoms with van der Waals surface area (Å²) in [6.07, 6.45) is 1.42. The average Bonchev–Trinajstić information content (AvgIpc) is 2.34. The van der Waals surface area contributed by atoms with Gasteiger partial charge in [0.15, 0.2) is 0 Å². The van der Waals surface area contributed by atoms with Crippen LogP contribution in [0, 0.1) is 0 Å². The summed E-state index contributed by atoms with van der Waals surface area (Å²) in [5.41, 5.74) is -0.0660. The number of piperazine rings is 1. The number of aromatic carboxylic acids is 1. The zero-order chi connectivity index (χ0) is 14.2. The van der Waals surface area contributed by atoms with E-state index in [-0.39, 0.29) is 17.9 Å². The molecule has 0 aliphatic carbocycles. The molecule has 0 radical (unpaired) electrons. The van der Waals surface area contributed by atoms with Gasteiger partial charge < -0.3 is 10.0 Å². The van der Waals surface area contributed by atoms with Crippen molar-refractivity contribution >= 4 is 39.5 Å². The number of rotatable bonds is 2. The van der Waals surface area contributed by atoms with Gasteiger partial charge in [0.25, 0.3) is 0 Å². The number of carboxylic acid groups (broad SMARTS) is 1. The van der Waals surface area contributed by atoms with Crippen LogP contribution in [0.15, 0.2) is 16.7 Å². The number of anilines is 1. The first-order valence-corrected chi connectivity index (χ1v) is 6.18.